The molecule has 3 rings (SSSR count). The Balaban J connectivity index is 1.51. The minimum atomic E-state index is -0.209. The van der Waals surface area contributed by atoms with Gasteiger partial charge in [0.25, 0.3) is 0 Å². The van der Waals surface area contributed by atoms with Crippen LogP contribution in [0.2, 0.25) is 10.0 Å². The Kier molecular flexibility index (Phi) is 8.58. The molecule has 0 radical (unpaired) electrons. The van der Waals surface area contributed by atoms with Gasteiger partial charge in [-0.05, 0) is 43.3 Å². The summed E-state index contributed by atoms with van der Waals surface area (Å²) < 4.78 is 0. The molecule has 2 amide bonds. The third kappa shape index (κ3) is 6.86. The van der Waals surface area contributed by atoms with E-state index < -0.39 is 0 Å². The molecule has 6 nitrogen and oxygen atoms in total. The number of hydrogen-bond acceptors (Lipinski definition) is 4. The molecule has 1 saturated heterocycles. The predicted octanol–water partition coefficient (Wildman–Crippen LogP) is 3.99. The van der Waals surface area contributed by atoms with E-state index in [4.69, 9.17) is 23.2 Å². The summed E-state index contributed by atoms with van der Waals surface area (Å²) in [4.78, 5) is 31.4. The summed E-state index contributed by atoms with van der Waals surface area (Å²) in [6.07, 6.45) is 0.851. The van der Waals surface area contributed by atoms with Gasteiger partial charge < -0.3 is 15.1 Å². The highest BCUT2D eigenvalue weighted by Crippen LogP contribution is 2.25. The zero-order valence-electron chi connectivity index (χ0n) is 17.7. The molecule has 0 aromatic heterocycles. The number of carbonyl (C=O) groups excluding carboxylic acids is 2. The number of nitrogens with one attached hydrogen (secondary N) is 1. The van der Waals surface area contributed by atoms with Gasteiger partial charge in [0.2, 0.25) is 11.8 Å². The number of benzene rings is 2. The molecule has 0 saturated carbocycles. The molecule has 1 aliphatic rings. The van der Waals surface area contributed by atoms with E-state index in [-0.39, 0.29) is 24.9 Å². The van der Waals surface area contributed by atoms with Crippen LogP contribution < -0.4 is 10.2 Å². The topological polar surface area (TPSA) is 55.9 Å². The molecule has 0 unspecified atom stereocenters. The van der Waals surface area contributed by atoms with Crippen molar-refractivity contribution in [3.05, 3.63) is 58.6 Å². The van der Waals surface area contributed by atoms with Crippen molar-refractivity contribution < 1.29 is 9.59 Å². The smallest absolute Gasteiger partial charge is 0.238 e. The standard InChI is InChI=1S/C23H28Cl2N4O2/c1-2-10-27(16-22(30)26-21-9-8-18(24)15-20(21)25)17-23(31)29-13-11-28(12-14-29)19-6-4-3-5-7-19/h3-9,15H,2,10-14,16-17H2,1H3,(H,26,30). The first-order valence-electron chi connectivity index (χ1n) is 10.5. The van der Waals surface area contributed by atoms with Crippen LogP contribution >= 0.6 is 23.2 Å². The van der Waals surface area contributed by atoms with Crippen LogP contribution in [0.5, 0.6) is 0 Å². The van der Waals surface area contributed by atoms with Crippen molar-refractivity contribution in [3.63, 3.8) is 0 Å². The van der Waals surface area contributed by atoms with Crippen molar-refractivity contribution in [1.29, 1.82) is 0 Å². The van der Waals surface area contributed by atoms with Crippen LogP contribution in [0.15, 0.2) is 48.5 Å². The second-order valence-corrected chi connectivity index (χ2v) is 8.43. The van der Waals surface area contributed by atoms with Crippen LogP contribution in [0, 0.1) is 0 Å². The van der Waals surface area contributed by atoms with Gasteiger partial charge in [-0.25, -0.2) is 0 Å². The number of rotatable bonds is 8. The number of anilines is 2. The molecule has 0 bridgehead atoms. The van der Waals surface area contributed by atoms with Gasteiger partial charge in [-0.15, -0.1) is 0 Å². The van der Waals surface area contributed by atoms with Crippen molar-refractivity contribution in [2.45, 2.75) is 13.3 Å². The summed E-state index contributed by atoms with van der Waals surface area (Å²) >= 11 is 12.0. The van der Waals surface area contributed by atoms with Gasteiger partial charge in [-0.3, -0.25) is 14.5 Å². The van der Waals surface area contributed by atoms with E-state index in [0.717, 1.165) is 19.5 Å². The average molecular weight is 463 g/mol. The van der Waals surface area contributed by atoms with E-state index in [0.29, 0.717) is 35.4 Å². The Morgan fingerprint density at radius 3 is 2.35 bits per heavy atom. The Morgan fingerprint density at radius 2 is 1.71 bits per heavy atom. The quantitative estimate of drug-likeness (QED) is 0.643. The minimum absolute atomic E-state index is 0.0542. The number of para-hydroxylation sites is 1. The third-order valence-electron chi connectivity index (χ3n) is 5.22. The first kappa shape index (κ1) is 23.4. The minimum Gasteiger partial charge on any atom is -0.368 e. The average Bonchev–Trinajstić information content (AvgIpc) is 2.76. The molecular formula is C23H28Cl2N4O2. The number of hydrogen-bond donors (Lipinski definition) is 1. The SMILES string of the molecule is CCCN(CC(=O)Nc1ccc(Cl)cc1Cl)CC(=O)N1CCN(c2ccccc2)CC1. The molecule has 8 heteroatoms. The molecular weight excluding hydrogens is 435 g/mol. The summed E-state index contributed by atoms with van der Waals surface area (Å²) in [5, 5.41) is 3.69. The number of piperazine rings is 1. The van der Waals surface area contributed by atoms with Gasteiger partial charge in [0.1, 0.15) is 0 Å². The summed E-state index contributed by atoms with van der Waals surface area (Å²) in [6, 6.07) is 15.2. The van der Waals surface area contributed by atoms with Gasteiger partial charge in [0, 0.05) is 36.9 Å². The first-order valence-corrected chi connectivity index (χ1v) is 11.3. The van der Waals surface area contributed by atoms with Gasteiger partial charge in [0.05, 0.1) is 23.8 Å². The summed E-state index contributed by atoms with van der Waals surface area (Å²) in [7, 11) is 0. The number of amides is 2. The molecule has 31 heavy (non-hydrogen) atoms. The first-order chi connectivity index (χ1) is 15.0. The van der Waals surface area contributed by atoms with Gasteiger partial charge in [-0.1, -0.05) is 48.3 Å². The second-order valence-electron chi connectivity index (χ2n) is 7.59. The Bertz CT molecular complexity index is 886. The van der Waals surface area contributed by atoms with E-state index in [1.54, 1.807) is 18.2 Å². The Morgan fingerprint density at radius 1 is 1.00 bits per heavy atom. The molecule has 0 atom stereocenters. The lowest BCUT2D eigenvalue weighted by Crippen LogP contribution is -2.52. The largest absolute Gasteiger partial charge is 0.368 e. The van der Waals surface area contributed by atoms with E-state index in [1.165, 1.54) is 5.69 Å². The van der Waals surface area contributed by atoms with Crippen molar-refractivity contribution in [2.24, 2.45) is 0 Å². The molecule has 2 aromatic rings. The zero-order valence-corrected chi connectivity index (χ0v) is 19.2. The zero-order chi connectivity index (χ0) is 22.2. The molecule has 166 valence electrons. The normalized spacial score (nSPS) is 14.1. The van der Waals surface area contributed by atoms with Crippen molar-refractivity contribution in [1.82, 2.24) is 9.80 Å². The molecule has 1 N–H and O–H groups in total. The van der Waals surface area contributed by atoms with Crippen LogP contribution in [0.1, 0.15) is 13.3 Å². The summed E-state index contributed by atoms with van der Waals surface area (Å²) in [5.41, 5.74) is 1.69. The lowest BCUT2D eigenvalue weighted by atomic mass is 10.2. The van der Waals surface area contributed by atoms with Crippen LogP contribution in [-0.2, 0) is 9.59 Å². The Hall–Kier alpha value is -2.28. The van der Waals surface area contributed by atoms with E-state index in [9.17, 15) is 9.59 Å². The lowest BCUT2D eigenvalue weighted by Gasteiger charge is -2.37. The van der Waals surface area contributed by atoms with E-state index in [2.05, 4.69) is 22.3 Å². The second kappa shape index (κ2) is 11.4. The fourth-order valence-electron chi connectivity index (χ4n) is 3.66. The highest BCUT2D eigenvalue weighted by Gasteiger charge is 2.23. The lowest BCUT2D eigenvalue weighted by molar-refractivity contribution is -0.133. The maximum atomic E-state index is 12.9. The summed E-state index contributed by atoms with van der Waals surface area (Å²) in [6.45, 7) is 6.02. The molecule has 0 aliphatic carbocycles. The van der Waals surface area contributed by atoms with Crippen molar-refractivity contribution in [2.75, 3.05) is 56.0 Å². The predicted molar refractivity (Wildman–Crippen MR) is 127 cm³/mol. The maximum Gasteiger partial charge on any atom is 0.238 e. The van der Waals surface area contributed by atoms with E-state index >= 15 is 0 Å². The van der Waals surface area contributed by atoms with Gasteiger partial charge in [0.15, 0.2) is 0 Å². The number of halogens is 2. The number of nitrogens with zero attached hydrogens (tertiary/aromatic N) is 3. The van der Waals surface area contributed by atoms with Crippen LogP contribution in [0.25, 0.3) is 0 Å². The summed E-state index contributed by atoms with van der Waals surface area (Å²) in [5.74, 6) is -0.155. The Labute approximate surface area is 193 Å². The fraction of sp³-hybridized carbons (Fsp3) is 0.391. The highest BCUT2D eigenvalue weighted by atomic mass is 35.5. The van der Waals surface area contributed by atoms with Gasteiger partial charge >= 0.3 is 0 Å². The number of carbonyl (C=O) groups is 2. The third-order valence-corrected chi connectivity index (χ3v) is 5.77. The molecule has 0 spiro atoms. The monoisotopic (exact) mass is 462 g/mol. The molecule has 1 fully saturated rings. The van der Waals surface area contributed by atoms with Gasteiger partial charge in [-0.2, -0.15) is 0 Å². The van der Waals surface area contributed by atoms with Crippen LogP contribution in [-0.4, -0.2) is 67.4 Å². The molecule has 1 heterocycles. The fourth-order valence-corrected chi connectivity index (χ4v) is 4.11. The molecule has 2 aromatic carbocycles. The van der Waals surface area contributed by atoms with Crippen LogP contribution in [0.3, 0.4) is 0 Å². The van der Waals surface area contributed by atoms with E-state index in [1.807, 2.05) is 34.9 Å². The van der Waals surface area contributed by atoms with Crippen LogP contribution in [0.4, 0.5) is 11.4 Å². The molecule has 1 aliphatic heterocycles. The van der Waals surface area contributed by atoms with Crippen molar-refractivity contribution >= 4 is 46.4 Å². The maximum absolute atomic E-state index is 12.9. The van der Waals surface area contributed by atoms with Crippen molar-refractivity contribution in [3.8, 4) is 0 Å². The highest BCUT2D eigenvalue weighted by molar-refractivity contribution is 6.36.